The number of benzene rings is 2. The zero-order chi connectivity index (χ0) is 23.8. The zero-order valence-corrected chi connectivity index (χ0v) is 20.0. The van der Waals surface area contributed by atoms with Gasteiger partial charge in [0.15, 0.2) is 5.03 Å². The van der Waals surface area contributed by atoms with E-state index in [9.17, 15) is 21.6 Å². The molecule has 0 saturated carbocycles. The predicted octanol–water partition coefficient (Wildman–Crippen LogP) is 2.18. The molecule has 12 heteroatoms. The van der Waals surface area contributed by atoms with Crippen LogP contribution < -0.4 is 5.32 Å². The molecule has 1 unspecified atom stereocenters. The van der Waals surface area contributed by atoms with Crippen molar-refractivity contribution in [2.75, 3.05) is 26.7 Å². The summed E-state index contributed by atoms with van der Waals surface area (Å²) in [5.74, 6) is -0.471. The third-order valence-corrected chi connectivity index (χ3v) is 9.49. The minimum Gasteiger partial charge on any atom is -0.469 e. The van der Waals surface area contributed by atoms with E-state index in [4.69, 9.17) is 11.6 Å². The number of carbonyl (C=O) groups excluding carboxylic acids is 1. The second kappa shape index (κ2) is 9.07. The topological polar surface area (TPSA) is 126 Å². The number of hydrogen-bond acceptors (Lipinski definition) is 7. The number of nitrogens with zero attached hydrogens (tertiary/aromatic N) is 1. The molecule has 0 aliphatic carbocycles. The average molecular weight is 512 g/mol. The summed E-state index contributed by atoms with van der Waals surface area (Å²) in [5, 5.41) is 3.15. The normalized spacial score (nSPS) is 17.8. The van der Waals surface area contributed by atoms with Gasteiger partial charge in [-0.25, -0.2) is 16.8 Å². The molecule has 2 N–H and O–H groups in total. The Labute approximate surface area is 196 Å². The molecule has 1 atom stereocenters. The number of fused-ring (bicyclic) bond motifs is 1. The highest BCUT2D eigenvalue weighted by Crippen LogP contribution is 2.36. The van der Waals surface area contributed by atoms with Crippen LogP contribution >= 0.6 is 11.6 Å². The molecular weight excluding hydrogens is 490 g/mol. The fourth-order valence-electron chi connectivity index (χ4n) is 3.86. The van der Waals surface area contributed by atoms with Crippen LogP contribution in [-0.2, 0) is 29.4 Å². The number of rotatable bonds is 6. The molecule has 0 spiro atoms. The SMILES string of the molecule is COC(=O)CC1CN(S(=O)(=O)c2[nH]c3ccccc3c2S(=O)(=O)c2cccc(Cl)c2)CCN1. The van der Waals surface area contributed by atoms with Crippen LogP contribution in [0.15, 0.2) is 63.3 Å². The van der Waals surface area contributed by atoms with E-state index >= 15 is 0 Å². The van der Waals surface area contributed by atoms with Crippen LogP contribution in [0.1, 0.15) is 6.42 Å². The first-order chi connectivity index (χ1) is 15.6. The van der Waals surface area contributed by atoms with Crippen molar-refractivity contribution in [1.29, 1.82) is 0 Å². The fourth-order valence-corrected chi connectivity index (χ4v) is 7.84. The molecule has 176 valence electrons. The van der Waals surface area contributed by atoms with Crippen molar-refractivity contribution >= 4 is 48.3 Å². The monoisotopic (exact) mass is 511 g/mol. The lowest BCUT2D eigenvalue weighted by Gasteiger charge is -2.32. The van der Waals surface area contributed by atoms with Gasteiger partial charge in [-0.2, -0.15) is 4.31 Å². The van der Waals surface area contributed by atoms with Crippen molar-refractivity contribution in [3.05, 3.63) is 53.6 Å². The number of ether oxygens (including phenoxy) is 1. The van der Waals surface area contributed by atoms with Crippen molar-refractivity contribution < 1.29 is 26.4 Å². The number of aromatic amines is 1. The number of sulfone groups is 1. The number of hydrogen-bond donors (Lipinski definition) is 2. The summed E-state index contributed by atoms with van der Waals surface area (Å²) in [4.78, 5) is 14.0. The second-order valence-corrected chi connectivity index (χ2v) is 11.8. The first-order valence-electron chi connectivity index (χ1n) is 10.1. The summed E-state index contributed by atoms with van der Waals surface area (Å²) in [6, 6.07) is 11.7. The Bertz CT molecular complexity index is 1420. The molecule has 1 fully saturated rings. The van der Waals surface area contributed by atoms with Crippen LogP contribution in [-0.4, -0.2) is 64.9 Å². The number of piperazine rings is 1. The fraction of sp³-hybridized carbons (Fsp3) is 0.286. The third-order valence-electron chi connectivity index (χ3n) is 5.46. The van der Waals surface area contributed by atoms with Gasteiger partial charge in [0.25, 0.3) is 10.0 Å². The summed E-state index contributed by atoms with van der Waals surface area (Å²) < 4.78 is 60.5. The lowest BCUT2D eigenvalue weighted by atomic mass is 10.2. The third kappa shape index (κ3) is 4.51. The van der Waals surface area contributed by atoms with Gasteiger partial charge in [-0.3, -0.25) is 4.79 Å². The van der Waals surface area contributed by atoms with Crippen molar-refractivity contribution in [1.82, 2.24) is 14.6 Å². The lowest BCUT2D eigenvalue weighted by molar-refractivity contribution is -0.141. The van der Waals surface area contributed by atoms with Crippen LogP contribution in [0, 0.1) is 0 Å². The van der Waals surface area contributed by atoms with E-state index in [-0.39, 0.29) is 39.7 Å². The minimum absolute atomic E-state index is 0.0105. The Kier molecular flexibility index (Phi) is 6.52. The molecule has 1 saturated heterocycles. The van der Waals surface area contributed by atoms with E-state index in [2.05, 4.69) is 15.0 Å². The smallest absolute Gasteiger partial charge is 0.307 e. The number of nitrogens with one attached hydrogen (secondary N) is 2. The number of H-pyrrole nitrogens is 1. The second-order valence-electron chi connectivity index (χ2n) is 7.58. The number of methoxy groups -OCH3 is 1. The quantitative estimate of drug-likeness (QED) is 0.486. The van der Waals surface area contributed by atoms with Gasteiger partial charge < -0.3 is 15.0 Å². The van der Waals surface area contributed by atoms with E-state index < -0.39 is 36.9 Å². The van der Waals surface area contributed by atoms with Crippen LogP contribution in [0.2, 0.25) is 5.02 Å². The maximum absolute atomic E-state index is 13.7. The standard InChI is InChI=1S/C21H22ClN3O6S2/c1-31-19(26)12-15-13-25(10-9-23-15)33(29,30)21-20(17-7-2-3-8-18(17)24-21)32(27,28)16-6-4-5-14(22)11-16/h2-8,11,15,23-24H,9-10,12-13H2,1H3. The Balaban J connectivity index is 1.84. The Morgan fingerprint density at radius 1 is 1.15 bits per heavy atom. The largest absolute Gasteiger partial charge is 0.469 e. The molecule has 0 bridgehead atoms. The molecule has 2 aromatic carbocycles. The van der Waals surface area contributed by atoms with Gasteiger partial charge in [0.2, 0.25) is 9.84 Å². The number of para-hydroxylation sites is 1. The molecule has 0 radical (unpaired) electrons. The average Bonchev–Trinajstić information content (AvgIpc) is 3.20. The molecule has 1 aliphatic rings. The number of carbonyl (C=O) groups is 1. The Morgan fingerprint density at radius 3 is 2.64 bits per heavy atom. The summed E-state index contributed by atoms with van der Waals surface area (Å²) in [7, 11) is -7.24. The predicted molar refractivity (Wildman–Crippen MR) is 122 cm³/mol. The molecular formula is C21H22ClN3O6S2. The van der Waals surface area contributed by atoms with Gasteiger partial charge in [-0.05, 0) is 24.3 Å². The van der Waals surface area contributed by atoms with E-state index in [1.54, 1.807) is 24.3 Å². The summed E-state index contributed by atoms with van der Waals surface area (Å²) in [6.45, 7) is 0.410. The van der Waals surface area contributed by atoms with Crippen molar-refractivity contribution in [2.45, 2.75) is 27.3 Å². The van der Waals surface area contributed by atoms with Crippen molar-refractivity contribution in [2.24, 2.45) is 0 Å². The number of halogens is 1. The molecule has 3 aromatic rings. The number of sulfonamides is 1. The van der Waals surface area contributed by atoms with E-state index in [0.29, 0.717) is 12.1 Å². The maximum Gasteiger partial charge on any atom is 0.307 e. The Morgan fingerprint density at radius 2 is 1.91 bits per heavy atom. The van der Waals surface area contributed by atoms with E-state index in [1.807, 2.05) is 0 Å². The van der Waals surface area contributed by atoms with Crippen LogP contribution in [0.3, 0.4) is 0 Å². The van der Waals surface area contributed by atoms with Gasteiger partial charge in [-0.1, -0.05) is 35.9 Å². The zero-order valence-electron chi connectivity index (χ0n) is 17.6. The first-order valence-corrected chi connectivity index (χ1v) is 13.4. The molecule has 1 aliphatic heterocycles. The summed E-state index contributed by atoms with van der Waals surface area (Å²) in [6.07, 6.45) is -0.0110. The molecule has 9 nitrogen and oxygen atoms in total. The highest BCUT2D eigenvalue weighted by Gasteiger charge is 2.38. The van der Waals surface area contributed by atoms with Gasteiger partial charge >= 0.3 is 5.97 Å². The van der Waals surface area contributed by atoms with Gasteiger partial charge in [0.05, 0.1) is 18.4 Å². The van der Waals surface area contributed by atoms with Crippen molar-refractivity contribution in [3.63, 3.8) is 0 Å². The van der Waals surface area contributed by atoms with Crippen molar-refractivity contribution in [3.8, 4) is 0 Å². The first kappa shape index (κ1) is 23.7. The lowest BCUT2D eigenvalue weighted by Crippen LogP contribution is -2.53. The van der Waals surface area contributed by atoms with Gasteiger partial charge in [-0.15, -0.1) is 0 Å². The highest BCUT2D eigenvalue weighted by molar-refractivity contribution is 7.93. The van der Waals surface area contributed by atoms with E-state index in [1.165, 1.54) is 35.7 Å². The van der Waals surface area contributed by atoms with Gasteiger partial charge in [0.1, 0.15) is 4.90 Å². The summed E-state index contributed by atoms with van der Waals surface area (Å²) >= 11 is 6.01. The minimum atomic E-state index is -4.26. The van der Waals surface area contributed by atoms with E-state index in [0.717, 1.165) is 0 Å². The maximum atomic E-state index is 13.7. The number of esters is 1. The molecule has 2 heterocycles. The van der Waals surface area contributed by atoms with Crippen LogP contribution in [0.4, 0.5) is 0 Å². The molecule has 4 rings (SSSR count). The van der Waals surface area contributed by atoms with Crippen LogP contribution in [0.25, 0.3) is 10.9 Å². The highest BCUT2D eigenvalue weighted by atomic mass is 35.5. The number of aromatic nitrogens is 1. The molecule has 0 amide bonds. The van der Waals surface area contributed by atoms with Gasteiger partial charge in [0, 0.05) is 41.6 Å². The van der Waals surface area contributed by atoms with Crippen LogP contribution in [0.5, 0.6) is 0 Å². The Hall–Kier alpha value is -2.44. The molecule has 33 heavy (non-hydrogen) atoms. The summed E-state index contributed by atoms with van der Waals surface area (Å²) in [5.41, 5.74) is 0.373. The molecule has 1 aromatic heterocycles.